The Balaban J connectivity index is 2.15. The lowest BCUT2D eigenvalue weighted by atomic mass is 9.84. The average molecular weight is 171 g/mol. The second-order valence-corrected chi connectivity index (χ2v) is 3.86. The Hall–Kier alpha value is -0.0800. The van der Waals surface area contributed by atoms with Crippen LogP contribution in [0.25, 0.3) is 0 Å². The maximum atomic E-state index is 8.65. The second kappa shape index (κ2) is 5.55. The molecule has 0 heterocycles. The van der Waals surface area contributed by atoms with Crippen LogP contribution in [0.3, 0.4) is 0 Å². The molecule has 72 valence electrons. The molecule has 1 rings (SSSR count). The van der Waals surface area contributed by atoms with Crippen molar-refractivity contribution in [3.63, 3.8) is 0 Å². The standard InChI is InChI=1S/C10H21NO/c1-9(11-7-8-12)10-5-3-2-4-6-10/h9-12H,2-8H2,1H3/t9-/m1/s1. The molecule has 0 spiro atoms. The summed E-state index contributed by atoms with van der Waals surface area (Å²) in [6.07, 6.45) is 6.97. The highest BCUT2D eigenvalue weighted by Gasteiger charge is 2.18. The van der Waals surface area contributed by atoms with Gasteiger partial charge in [0, 0.05) is 12.6 Å². The van der Waals surface area contributed by atoms with Crippen molar-refractivity contribution in [3.8, 4) is 0 Å². The largest absolute Gasteiger partial charge is 0.395 e. The molecular weight excluding hydrogens is 150 g/mol. The van der Waals surface area contributed by atoms with E-state index in [1.807, 2.05) is 0 Å². The van der Waals surface area contributed by atoms with Gasteiger partial charge in [-0.3, -0.25) is 0 Å². The first-order valence-corrected chi connectivity index (χ1v) is 5.19. The Labute approximate surface area is 75.4 Å². The van der Waals surface area contributed by atoms with Crippen LogP contribution < -0.4 is 5.32 Å². The van der Waals surface area contributed by atoms with Gasteiger partial charge in [-0.15, -0.1) is 0 Å². The normalized spacial score (nSPS) is 22.5. The van der Waals surface area contributed by atoms with Crippen molar-refractivity contribution in [2.75, 3.05) is 13.2 Å². The summed E-state index contributed by atoms with van der Waals surface area (Å²) in [7, 11) is 0. The Morgan fingerprint density at radius 1 is 1.33 bits per heavy atom. The Morgan fingerprint density at radius 3 is 2.58 bits per heavy atom. The molecule has 0 bridgehead atoms. The van der Waals surface area contributed by atoms with Gasteiger partial charge < -0.3 is 10.4 Å². The number of hydrogen-bond acceptors (Lipinski definition) is 2. The smallest absolute Gasteiger partial charge is 0.0556 e. The molecule has 1 fully saturated rings. The first-order chi connectivity index (χ1) is 5.84. The van der Waals surface area contributed by atoms with E-state index in [0.29, 0.717) is 6.04 Å². The Bertz CT molecular complexity index is 110. The fourth-order valence-corrected chi connectivity index (χ4v) is 2.09. The van der Waals surface area contributed by atoms with Gasteiger partial charge in [0.2, 0.25) is 0 Å². The molecule has 0 radical (unpaired) electrons. The molecule has 0 unspecified atom stereocenters. The molecule has 1 atom stereocenters. The molecule has 1 saturated carbocycles. The van der Waals surface area contributed by atoms with Gasteiger partial charge in [-0.25, -0.2) is 0 Å². The average Bonchev–Trinajstić information content (AvgIpc) is 2.15. The minimum Gasteiger partial charge on any atom is -0.395 e. The van der Waals surface area contributed by atoms with Gasteiger partial charge in [0.05, 0.1) is 6.61 Å². The molecule has 0 aromatic rings. The van der Waals surface area contributed by atoms with E-state index in [-0.39, 0.29) is 6.61 Å². The lowest BCUT2D eigenvalue weighted by molar-refractivity contribution is 0.247. The van der Waals surface area contributed by atoms with Gasteiger partial charge in [0.1, 0.15) is 0 Å². The zero-order chi connectivity index (χ0) is 8.81. The molecule has 1 aliphatic carbocycles. The van der Waals surface area contributed by atoms with Crippen LogP contribution in [-0.4, -0.2) is 24.3 Å². The van der Waals surface area contributed by atoms with Crippen LogP contribution in [0, 0.1) is 5.92 Å². The van der Waals surface area contributed by atoms with Crippen LogP contribution in [0.2, 0.25) is 0 Å². The first-order valence-electron chi connectivity index (χ1n) is 5.19. The predicted octanol–water partition coefficient (Wildman–Crippen LogP) is 1.54. The number of nitrogens with one attached hydrogen (secondary N) is 1. The van der Waals surface area contributed by atoms with Crippen LogP contribution >= 0.6 is 0 Å². The maximum absolute atomic E-state index is 8.65. The summed E-state index contributed by atoms with van der Waals surface area (Å²) in [5.41, 5.74) is 0. The highest BCUT2D eigenvalue weighted by molar-refractivity contribution is 4.75. The molecule has 0 amide bonds. The first kappa shape index (κ1) is 10.0. The minimum atomic E-state index is 0.261. The van der Waals surface area contributed by atoms with Crippen LogP contribution in [0.4, 0.5) is 0 Å². The lowest BCUT2D eigenvalue weighted by Gasteiger charge is -2.28. The van der Waals surface area contributed by atoms with E-state index >= 15 is 0 Å². The fraction of sp³-hybridized carbons (Fsp3) is 1.00. The summed E-state index contributed by atoms with van der Waals surface area (Å²) in [5.74, 6) is 0.852. The molecular formula is C10H21NO. The second-order valence-electron chi connectivity index (χ2n) is 3.86. The quantitative estimate of drug-likeness (QED) is 0.672. The third kappa shape index (κ3) is 3.11. The Kier molecular flexibility index (Phi) is 4.62. The number of rotatable bonds is 4. The van der Waals surface area contributed by atoms with E-state index in [1.54, 1.807) is 0 Å². The lowest BCUT2D eigenvalue weighted by Crippen LogP contribution is -2.36. The van der Waals surface area contributed by atoms with Crippen LogP contribution in [0.15, 0.2) is 0 Å². The van der Waals surface area contributed by atoms with Crippen LogP contribution in [0.5, 0.6) is 0 Å². The molecule has 12 heavy (non-hydrogen) atoms. The molecule has 0 saturated heterocycles. The van der Waals surface area contributed by atoms with Crippen molar-refractivity contribution < 1.29 is 5.11 Å². The fourth-order valence-electron chi connectivity index (χ4n) is 2.09. The predicted molar refractivity (Wildman–Crippen MR) is 51.1 cm³/mol. The highest BCUT2D eigenvalue weighted by Crippen LogP contribution is 2.25. The third-order valence-corrected chi connectivity index (χ3v) is 2.94. The summed E-state index contributed by atoms with van der Waals surface area (Å²) in [4.78, 5) is 0. The zero-order valence-corrected chi connectivity index (χ0v) is 8.05. The van der Waals surface area contributed by atoms with Gasteiger partial charge in [0.25, 0.3) is 0 Å². The molecule has 0 aromatic heterocycles. The number of aliphatic hydroxyl groups excluding tert-OH is 1. The maximum Gasteiger partial charge on any atom is 0.0556 e. The third-order valence-electron chi connectivity index (χ3n) is 2.94. The number of aliphatic hydroxyl groups is 1. The SMILES string of the molecule is C[C@@H](NCCO)C1CCCCC1. The van der Waals surface area contributed by atoms with E-state index in [9.17, 15) is 0 Å². The topological polar surface area (TPSA) is 32.3 Å². The van der Waals surface area contributed by atoms with E-state index in [2.05, 4.69) is 12.2 Å². The summed E-state index contributed by atoms with van der Waals surface area (Å²) >= 11 is 0. The summed E-state index contributed by atoms with van der Waals surface area (Å²) in [6, 6.07) is 0.595. The number of hydrogen-bond donors (Lipinski definition) is 2. The molecule has 0 aliphatic heterocycles. The molecule has 2 nitrogen and oxygen atoms in total. The van der Waals surface area contributed by atoms with Crippen molar-refractivity contribution in [2.24, 2.45) is 5.92 Å². The summed E-state index contributed by atoms with van der Waals surface area (Å²) in [5, 5.41) is 12.0. The van der Waals surface area contributed by atoms with Gasteiger partial charge in [-0.2, -0.15) is 0 Å². The van der Waals surface area contributed by atoms with E-state index in [1.165, 1.54) is 32.1 Å². The molecule has 2 heteroatoms. The van der Waals surface area contributed by atoms with Crippen molar-refractivity contribution in [2.45, 2.75) is 45.1 Å². The van der Waals surface area contributed by atoms with Crippen molar-refractivity contribution in [1.29, 1.82) is 0 Å². The van der Waals surface area contributed by atoms with Crippen molar-refractivity contribution in [3.05, 3.63) is 0 Å². The highest BCUT2D eigenvalue weighted by atomic mass is 16.3. The minimum absolute atomic E-state index is 0.261. The summed E-state index contributed by atoms with van der Waals surface area (Å²) in [6.45, 7) is 3.25. The van der Waals surface area contributed by atoms with Crippen molar-refractivity contribution >= 4 is 0 Å². The van der Waals surface area contributed by atoms with Crippen LogP contribution in [0.1, 0.15) is 39.0 Å². The van der Waals surface area contributed by atoms with Crippen LogP contribution in [-0.2, 0) is 0 Å². The van der Waals surface area contributed by atoms with Gasteiger partial charge in [-0.1, -0.05) is 19.3 Å². The molecule has 1 aliphatic rings. The molecule has 0 aromatic carbocycles. The summed E-state index contributed by atoms with van der Waals surface area (Å²) < 4.78 is 0. The van der Waals surface area contributed by atoms with Gasteiger partial charge in [0.15, 0.2) is 0 Å². The van der Waals surface area contributed by atoms with Crippen molar-refractivity contribution in [1.82, 2.24) is 5.32 Å². The zero-order valence-electron chi connectivity index (χ0n) is 8.05. The van der Waals surface area contributed by atoms with Gasteiger partial charge in [-0.05, 0) is 25.7 Å². The van der Waals surface area contributed by atoms with E-state index in [0.717, 1.165) is 12.5 Å². The monoisotopic (exact) mass is 171 g/mol. The van der Waals surface area contributed by atoms with E-state index < -0.39 is 0 Å². The van der Waals surface area contributed by atoms with E-state index in [4.69, 9.17) is 5.11 Å². The molecule has 2 N–H and O–H groups in total. The van der Waals surface area contributed by atoms with Gasteiger partial charge >= 0.3 is 0 Å². The Morgan fingerprint density at radius 2 is 2.00 bits per heavy atom.